The lowest BCUT2D eigenvalue weighted by Gasteiger charge is -2.33. The number of hydrogen-bond donors (Lipinski definition) is 0. The molecule has 1 unspecified atom stereocenters. The number of morpholine rings is 1. The molecule has 124 valence electrons. The molecule has 1 fully saturated rings. The van der Waals surface area contributed by atoms with Crippen LogP contribution in [0.1, 0.15) is 27.7 Å². The molecule has 0 N–H and O–H groups in total. The molecular weight excluding hydrogens is 310 g/mol. The largest absolute Gasteiger partial charge is 0.370 e. The van der Waals surface area contributed by atoms with Gasteiger partial charge in [-0.05, 0) is 12.5 Å². The van der Waals surface area contributed by atoms with Crippen molar-refractivity contribution in [1.82, 2.24) is 9.88 Å². The predicted octanol–water partition coefficient (Wildman–Crippen LogP) is 2.51. The summed E-state index contributed by atoms with van der Waals surface area (Å²) in [6, 6.07) is 11.0. The van der Waals surface area contributed by atoms with Crippen LogP contribution in [0.3, 0.4) is 0 Å². The van der Waals surface area contributed by atoms with E-state index in [0.717, 1.165) is 11.8 Å². The maximum absolute atomic E-state index is 12.8. The number of amides is 1. The summed E-state index contributed by atoms with van der Waals surface area (Å²) in [7, 11) is 0. The van der Waals surface area contributed by atoms with E-state index in [2.05, 4.69) is 4.98 Å². The number of aryl methyl sites for hydroxylation is 1. The minimum absolute atomic E-state index is 0.184. The number of nitro groups is 1. The van der Waals surface area contributed by atoms with Gasteiger partial charge in [-0.1, -0.05) is 30.3 Å². The number of nitrogens with zero attached hydrogens (tertiary/aromatic N) is 3. The Bertz CT molecular complexity index is 764. The van der Waals surface area contributed by atoms with E-state index < -0.39 is 4.92 Å². The van der Waals surface area contributed by atoms with Crippen LogP contribution in [-0.4, -0.2) is 40.4 Å². The summed E-state index contributed by atoms with van der Waals surface area (Å²) in [5, 5.41) is 10.9. The van der Waals surface area contributed by atoms with Crippen molar-refractivity contribution in [3.63, 3.8) is 0 Å². The SMILES string of the molecule is Cc1ncc([N+](=O)[O-])cc1C(=O)N1CCOC(c2ccccc2)C1. The standard InChI is InChI=1S/C17H17N3O4/c1-12-15(9-14(10-18-12)20(22)23)17(21)19-7-8-24-16(11-19)13-5-3-2-4-6-13/h2-6,9-10,16H,7-8,11H2,1H3. The first-order chi connectivity index (χ1) is 11.6. The first-order valence-corrected chi connectivity index (χ1v) is 7.63. The minimum Gasteiger partial charge on any atom is -0.370 e. The average molecular weight is 327 g/mol. The number of pyridine rings is 1. The Morgan fingerprint density at radius 1 is 1.38 bits per heavy atom. The Kier molecular flexibility index (Phi) is 4.52. The van der Waals surface area contributed by atoms with Gasteiger partial charge in [0.1, 0.15) is 12.3 Å². The van der Waals surface area contributed by atoms with Gasteiger partial charge in [0, 0.05) is 12.6 Å². The molecule has 1 saturated heterocycles. The average Bonchev–Trinajstić information content (AvgIpc) is 2.62. The topological polar surface area (TPSA) is 85.6 Å². The van der Waals surface area contributed by atoms with Gasteiger partial charge < -0.3 is 9.64 Å². The summed E-state index contributed by atoms with van der Waals surface area (Å²) in [4.78, 5) is 28.8. The Labute approximate surface area is 139 Å². The molecule has 0 spiro atoms. The number of ether oxygens (including phenoxy) is 1. The maximum Gasteiger partial charge on any atom is 0.288 e. The molecule has 24 heavy (non-hydrogen) atoms. The molecule has 1 aliphatic heterocycles. The van der Waals surface area contributed by atoms with Gasteiger partial charge in [-0.2, -0.15) is 0 Å². The Morgan fingerprint density at radius 2 is 2.12 bits per heavy atom. The van der Waals surface area contributed by atoms with Crippen molar-refractivity contribution in [1.29, 1.82) is 0 Å². The number of benzene rings is 1. The molecule has 7 heteroatoms. The molecule has 0 radical (unpaired) electrons. The Morgan fingerprint density at radius 3 is 2.83 bits per heavy atom. The molecule has 2 heterocycles. The van der Waals surface area contributed by atoms with Crippen LogP contribution in [0.5, 0.6) is 0 Å². The maximum atomic E-state index is 12.8. The first-order valence-electron chi connectivity index (χ1n) is 7.63. The van der Waals surface area contributed by atoms with E-state index in [4.69, 9.17) is 4.74 Å². The van der Waals surface area contributed by atoms with E-state index in [1.54, 1.807) is 11.8 Å². The van der Waals surface area contributed by atoms with Crippen LogP contribution < -0.4 is 0 Å². The fraction of sp³-hybridized carbons (Fsp3) is 0.294. The lowest BCUT2D eigenvalue weighted by Crippen LogP contribution is -2.42. The third-order valence-electron chi connectivity index (χ3n) is 4.04. The van der Waals surface area contributed by atoms with Gasteiger partial charge in [0.2, 0.25) is 0 Å². The number of carbonyl (C=O) groups excluding carboxylic acids is 1. The highest BCUT2D eigenvalue weighted by molar-refractivity contribution is 5.95. The molecule has 3 rings (SSSR count). The van der Waals surface area contributed by atoms with Crippen molar-refractivity contribution in [2.45, 2.75) is 13.0 Å². The molecule has 0 bridgehead atoms. The van der Waals surface area contributed by atoms with Crippen LogP contribution in [0.15, 0.2) is 42.6 Å². The summed E-state index contributed by atoms with van der Waals surface area (Å²) in [5.41, 5.74) is 1.56. The third-order valence-corrected chi connectivity index (χ3v) is 4.04. The van der Waals surface area contributed by atoms with Gasteiger partial charge in [0.05, 0.1) is 29.3 Å². The van der Waals surface area contributed by atoms with Crippen molar-refractivity contribution < 1.29 is 14.5 Å². The predicted molar refractivity (Wildman–Crippen MR) is 86.7 cm³/mol. The highest BCUT2D eigenvalue weighted by atomic mass is 16.6. The van der Waals surface area contributed by atoms with E-state index in [1.807, 2.05) is 30.3 Å². The monoisotopic (exact) mass is 327 g/mol. The number of aromatic nitrogens is 1. The van der Waals surface area contributed by atoms with Gasteiger partial charge in [-0.3, -0.25) is 19.9 Å². The number of carbonyl (C=O) groups is 1. The fourth-order valence-corrected chi connectivity index (χ4v) is 2.71. The van der Waals surface area contributed by atoms with Gasteiger partial charge in [0.25, 0.3) is 11.6 Å². The number of rotatable bonds is 3. The van der Waals surface area contributed by atoms with Crippen LogP contribution in [0.2, 0.25) is 0 Å². The Hall–Kier alpha value is -2.80. The van der Waals surface area contributed by atoms with Crippen LogP contribution in [0.4, 0.5) is 5.69 Å². The van der Waals surface area contributed by atoms with Crippen LogP contribution in [0.25, 0.3) is 0 Å². The minimum atomic E-state index is -0.546. The molecule has 0 aliphatic carbocycles. The molecule has 1 aliphatic rings. The summed E-state index contributed by atoms with van der Waals surface area (Å²) in [6.45, 7) is 2.95. The molecule has 2 aromatic rings. The molecule has 1 aromatic carbocycles. The summed E-state index contributed by atoms with van der Waals surface area (Å²) < 4.78 is 5.75. The Balaban J connectivity index is 1.82. The summed E-state index contributed by atoms with van der Waals surface area (Å²) in [6.07, 6.45) is 0.967. The van der Waals surface area contributed by atoms with Gasteiger partial charge in [0.15, 0.2) is 0 Å². The lowest BCUT2D eigenvalue weighted by molar-refractivity contribution is -0.385. The van der Waals surface area contributed by atoms with E-state index in [9.17, 15) is 14.9 Å². The summed E-state index contributed by atoms with van der Waals surface area (Å²) >= 11 is 0. The van der Waals surface area contributed by atoms with E-state index in [1.165, 1.54) is 6.07 Å². The zero-order valence-electron chi connectivity index (χ0n) is 13.2. The lowest BCUT2D eigenvalue weighted by atomic mass is 10.1. The van der Waals surface area contributed by atoms with Crippen molar-refractivity contribution in [2.24, 2.45) is 0 Å². The second-order valence-corrected chi connectivity index (χ2v) is 5.60. The zero-order valence-corrected chi connectivity index (χ0v) is 13.2. The third kappa shape index (κ3) is 3.26. The summed E-state index contributed by atoms with van der Waals surface area (Å²) in [5.74, 6) is -0.257. The van der Waals surface area contributed by atoms with E-state index in [0.29, 0.717) is 25.4 Å². The smallest absolute Gasteiger partial charge is 0.288 e. The number of hydrogen-bond acceptors (Lipinski definition) is 5. The molecule has 1 aromatic heterocycles. The molecule has 1 amide bonds. The van der Waals surface area contributed by atoms with E-state index in [-0.39, 0.29) is 23.3 Å². The highest BCUT2D eigenvalue weighted by Crippen LogP contribution is 2.24. The van der Waals surface area contributed by atoms with E-state index >= 15 is 0 Å². The van der Waals surface area contributed by atoms with Gasteiger partial charge in [-0.15, -0.1) is 0 Å². The van der Waals surface area contributed by atoms with Crippen molar-refractivity contribution in [2.75, 3.05) is 19.7 Å². The molecule has 1 atom stereocenters. The first kappa shape index (κ1) is 16.1. The second-order valence-electron chi connectivity index (χ2n) is 5.60. The fourth-order valence-electron chi connectivity index (χ4n) is 2.71. The van der Waals surface area contributed by atoms with Crippen molar-refractivity contribution >= 4 is 11.6 Å². The zero-order chi connectivity index (χ0) is 17.1. The normalized spacial score (nSPS) is 17.5. The molecule has 0 saturated carbocycles. The van der Waals surface area contributed by atoms with Crippen molar-refractivity contribution in [3.05, 3.63) is 69.5 Å². The molecular formula is C17H17N3O4. The van der Waals surface area contributed by atoms with Gasteiger partial charge >= 0.3 is 0 Å². The van der Waals surface area contributed by atoms with Crippen LogP contribution in [-0.2, 0) is 4.74 Å². The van der Waals surface area contributed by atoms with Crippen molar-refractivity contribution in [3.8, 4) is 0 Å². The second kappa shape index (κ2) is 6.76. The molecule has 7 nitrogen and oxygen atoms in total. The quantitative estimate of drug-likeness (QED) is 0.639. The van der Waals surface area contributed by atoms with Gasteiger partial charge in [-0.25, -0.2) is 0 Å². The highest BCUT2D eigenvalue weighted by Gasteiger charge is 2.28. The van der Waals surface area contributed by atoms with Crippen LogP contribution >= 0.6 is 0 Å². The van der Waals surface area contributed by atoms with Crippen LogP contribution in [0, 0.1) is 17.0 Å².